The number of nitrogens with one attached hydrogen (secondary N) is 1. The summed E-state index contributed by atoms with van der Waals surface area (Å²) in [6.07, 6.45) is 7.00. The van der Waals surface area contributed by atoms with Crippen LogP contribution in [0.4, 0.5) is 5.69 Å². The lowest BCUT2D eigenvalue weighted by atomic mass is 10.1. The number of rotatable bonds is 6. The van der Waals surface area contributed by atoms with Crippen molar-refractivity contribution in [2.75, 3.05) is 13.2 Å². The van der Waals surface area contributed by atoms with Gasteiger partial charge in [0, 0.05) is 0 Å². The van der Waals surface area contributed by atoms with Crippen LogP contribution < -0.4 is 14.8 Å². The third-order valence-electron chi connectivity index (χ3n) is 4.02. The molecule has 154 valence electrons. The first-order valence-corrected chi connectivity index (χ1v) is 10.5. The number of carbonyl (C=O) groups excluding carboxylic acids is 1. The Hall–Kier alpha value is -2.88. The fourth-order valence-electron chi connectivity index (χ4n) is 2.95. The topological polar surface area (TPSA) is 59.9 Å². The third kappa shape index (κ3) is 5.38. The molecule has 1 aliphatic heterocycles. The highest BCUT2D eigenvalue weighted by Gasteiger charge is 2.24. The quantitative estimate of drug-likeness (QED) is 0.491. The third-order valence-corrected chi connectivity index (χ3v) is 5.21. The monoisotopic (exact) mass is 440 g/mol. The van der Waals surface area contributed by atoms with E-state index in [9.17, 15) is 4.79 Å². The predicted octanol–water partition coefficient (Wildman–Crippen LogP) is 5.26. The van der Waals surface area contributed by atoms with Crippen LogP contribution in [0.5, 0.6) is 11.5 Å². The van der Waals surface area contributed by atoms with E-state index in [4.69, 9.17) is 27.5 Å². The van der Waals surface area contributed by atoms with Crippen molar-refractivity contribution in [2.24, 2.45) is 4.99 Å². The van der Waals surface area contributed by atoms with Gasteiger partial charge in [0.25, 0.3) is 5.91 Å². The summed E-state index contributed by atoms with van der Waals surface area (Å²) in [4.78, 5) is 17.5. The van der Waals surface area contributed by atoms with Gasteiger partial charge in [0.15, 0.2) is 16.7 Å². The lowest BCUT2D eigenvalue weighted by molar-refractivity contribution is -0.115. The predicted molar refractivity (Wildman–Crippen MR) is 124 cm³/mol. The van der Waals surface area contributed by atoms with Gasteiger partial charge in [-0.25, -0.2) is 4.99 Å². The van der Waals surface area contributed by atoms with Crippen molar-refractivity contribution in [3.8, 4) is 23.8 Å². The zero-order chi connectivity index (χ0) is 21.7. The highest BCUT2D eigenvalue weighted by molar-refractivity contribution is 8.18. The van der Waals surface area contributed by atoms with Crippen LogP contribution >= 0.6 is 23.4 Å². The number of thioether (sulfide) groups is 1. The fourth-order valence-corrected chi connectivity index (χ4v) is 4.07. The Morgan fingerprint density at radius 1 is 1.20 bits per heavy atom. The minimum Gasteiger partial charge on any atom is -0.490 e. The zero-order valence-corrected chi connectivity index (χ0v) is 18.5. The van der Waals surface area contributed by atoms with Gasteiger partial charge in [-0.05, 0) is 79.6 Å². The molecule has 3 rings (SSSR count). The van der Waals surface area contributed by atoms with Gasteiger partial charge in [0.2, 0.25) is 0 Å². The molecule has 0 unspecified atom stereocenters. The van der Waals surface area contributed by atoms with Gasteiger partial charge in [-0.1, -0.05) is 23.6 Å². The molecule has 0 aliphatic carbocycles. The number of nitrogens with zero attached hydrogens (tertiary/aromatic N) is 1. The van der Waals surface area contributed by atoms with E-state index in [-0.39, 0.29) is 12.5 Å². The molecule has 2 aromatic rings. The molecule has 30 heavy (non-hydrogen) atoms. The number of aliphatic imine (C=N–C) groups is 1. The van der Waals surface area contributed by atoms with Gasteiger partial charge in [-0.3, -0.25) is 4.79 Å². The smallest absolute Gasteiger partial charge is 0.264 e. The second-order valence-electron chi connectivity index (χ2n) is 6.58. The number of hydrogen-bond donors (Lipinski definition) is 1. The zero-order valence-electron chi connectivity index (χ0n) is 16.9. The van der Waals surface area contributed by atoms with E-state index in [1.54, 1.807) is 18.2 Å². The maximum absolute atomic E-state index is 12.4. The second-order valence-corrected chi connectivity index (χ2v) is 8.02. The van der Waals surface area contributed by atoms with Crippen LogP contribution in [0.3, 0.4) is 0 Å². The molecule has 1 aliphatic rings. The number of benzene rings is 2. The van der Waals surface area contributed by atoms with Gasteiger partial charge in [-0.15, -0.1) is 6.42 Å². The molecule has 0 aromatic heterocycles. The summed E-state index contributed by atoms with van der Waals surface area (Å²) < 4.78 is 11.1. The van der Waals surface area contributed by atoms with Crippen LogP contribution in [0.15, 0.2) is 40.2 Å². The Morgan fingerprint density at radius 2 is 1.93 bits per heavy atom. The normalized spacial score (nSPS) is 15.9. The van der Waals surface area contributed by atoms with Gasteiger partial charge in [0.1, 0.15) is 6.61 Å². The summed E-state index contributed by atoms with van der Waals surface area (Å²) in [6, 6.07) is 9.48. The molecular weight excluding hydrogens is 420 g/mol. The summed E-state index contributed by atoms with van der Waals surface area (Å²) in [6.45, 7) is 6.40. The Labute approximate surface area is 185 Å². The number of ether oxygens (including phenoxy) is 2. The van der Waals surface area contributed by atoms with E-state index >= 15 is 0 Å². The minimum absolute atomic E-state index is 0.0801. The van der Waals surface area contributed by atoms with E-state index in [2.05, 4.69) is 22.3 Å². The average molecular weight is 441 g/mol. The molecule has 0 bridgehead atoms. The van der Waals surface area contributed by atoms with Crippen LogP contribution in [-0.4, -0.2) is 24.3 Å². The molecule has 0 atom stereocenters. The maximum atomic E-state index is 12.4. The Balaban J connectivity index is 1.88. The van der Waals surface area contributed by atoms with Crippen LogP contribution in [0, 0.1) is 26.2 Å². The largest absolute Gasteiger partial charge is 0.490 e. The van der Waals surface area contributed by atoms with Crippen LogP contribution in [-0.2, 0) is 4.79 Å². The highest BCUT2D eigenvalue weighted by atomic mass is 35.5. The molecule has 1 amide bonds. The molecule has 7 heteroatoms. The first kappa shape index (κ1) is 21.8. The number of aryl methyl sites for hydroxylation is 2. The van der Waals surface area contributed by atoms with Gasteiger partial charge >= 0.3 is 0 Å². The molecule has 1 saturated heterocycles. The Morgan fingerprint density at radius 3 is 2.60 bits per heavy atom. The molecule has 0 saturated carbocycles. The standard InChI is InChI=1S/C23H21ClN2O3S/c1-5-7-29-21-18(24)11-16(12-19(21)28-6-2)13-20-22(27)26-23(30-20)25-17-9-14(3)8-15(4)10-17/h1,8-13H,6-7H2,2-4H3,(H,25,26,27). The van der Waals surface area contributed by atoms with E-state index in [0.29, 0.717) is 38.8 Å². The van der Waals surface area contributed by atoms with Gasteiger partial charge in [-0.2, -0.15) is 0 Å². The molecule has 0 spiro atoms. The first-order valence-electron chi connectivity index (χ1n) is 9.30. The highest BCUT2D eigenvalue weighted by Crippen LogP contribution is 2.38. The van der Waals surface area contributed by atoms with Crippen molar-refractivity contribution in [1.82, 2.24) is 5.32 Å². The van der Waals surface area contributed by atoms with E-state index < -0.39 is 0 Å². The maximum Gasteiger partial charge on any atom is 0.264 e. The summed E-state index contributed by atoms with van der Waals surface area (Å²) in [7, 11) is 0. The molecule has 0 radical (unpaired) electrons. The van der Waals surface area contributed by atoms with Gasteiger partial charge < -0.3 is 14.8 Å². The van der Waals surface area contributed by atoms with Gasteiger partial charge in [0.05, 0.1) is 22.2 Å². The summed E-state index contributed by atoms with van der Waals surface area (Å²) >= 11 is 7.63. The van der Waals surface area contributed by atoms with E-state index in [1.807, 2.05) is 32.9 Å². The van der Waals surface area contributed by atoms with E-state index in [1.165, 1.54) is 11.8 Å². The Bertz CT molecular complexity index is 1070. The summed E-state index contributed by atoms with van der Waals surface area (Å²) in [5, 5.41) is 3.69. The van der Waals surface area contributed by atoms with Crippen molar-refractivity contribution in [3.05, 3.63) is 56.9 Å². The van der Waals surface area contributed by atoms with E-state index in [0.717, 1.165) is 16.8 Å². The van der Waals surface area contributed by atoms with Crippen LogP contribution in [0.2, 0.25) is 5.02 Å². The number of terminal acetylenes is 1. The number of amides is 1. The average Bonchev–Trinajstić information content (AvgIpc) is 2.99. The van der Waals surface area contributed by atoms with Crippen LogP contribution in [0.1, 0.15) is 23.6 Å². The SMILES string of the molecule is C#CCOc1c(Cl)cc(C=C2SC(=Nc3cc(C)cc(C)c3)NC2=O)cc1OCC. The number of halogens is 1. The van der Waals surface area contributed by atoms with Crippen molar-refractivity contribution in [3.63, 3.8) is 0 Å². The van der Waals surface area contributed by atoms with Crippen molar-refractivity contribution >= 4 is 46.2 Å². The summed E-state index contributed by atoms with van der Waals surface area (Å²) in [5.74, 6) is 3.05. The molecule has 2 aromatic carbocycles. The molecular formula is C23H21ClN2O3S. The minimum atomic E-state index is -0.218. The first-order chi connectivity index (χ1) is 14.4. The lowest BCUT2D eigenvalue weighted by Gasteiger charge is -2.13. The number of amidine groups is 1. The van der Waals surface area contributed by atoms with Crippen molar-refractivity contribution in [1.29, 1.82) is 0 Å². The lowest BCUT2D eigenvalue weighted by Crippen LogP contribution is -2.19. The molecule has 1 fully saturated rings. The number of hydrogen-bond acceptors (Lipinski definition) is 5. The van der Waals surface area contributed by atoms with Crippen molar-refractivity contribution < 1.29 is 14.3 Å². The van der Waals surface area contributed by atoms with Crippen molar-refractivity contribution in [2.45, 2.75) is 20.8 Å². The number of carbonyl (C=O) groups is 1. The Kier molecular flexibility index (Phi) is 7.09. The molecule has 1 heterocycles. The fraction of sp³-hybridized carbons (Fsp3) is 0.217. The molecule has 1 N–H and O–H groups in total. The second kappa shape index (κ2) is 9.75. The van der Waals surface area contributed by atoms with Crippen LogP contribution in [0.25, 0.3) is 6.08 Å². The molecule has 5 nitrogen and oxygen atoms in total. The summed E-state index contributed by atoms with van der Waals surface area (Å²) in [5.41, 5.74) is 3.74.